The van der Waals surface area contributed by atoms with E-state index in [2.05, 4.69) is 9.97 Å². The number of hydrogen-bond donors (Lipinski definition) is 0. The van der Waals surface area contributed by atoms with E-state index in [0.29, 0.717) is 28.3 Å². The first-order valence-corrected chi connectivity index (χ1v) is 5.94. The van der Waals surface area contributed by atoms with Crippen molar-refractivity contribution in [2.45, 2.75) is 6.92 Å². The maximum absolute atomic E-state index is 11.5. The molecule has 6 nitrogen and oxygen atoms in total. The van der Waals surface area contributed by atoms with Gasteiger partial charge in [-0.3, -0.25) is 4.57 Å². The minimum absolute atomic E-state index is 0.308. The Morgan fingerprint density at radius 3 is 2.85 bits per heavy atom. The highest BCUT2D eigenvalue weighted by Gasteiger charge is 2.09. The van der Waals surface area contributed by atoms with Crippen LogP contribution in [0.15, 0.2) is 33.5 Å². The first-order valence-electron chi connectivity index (χ1n) is 5.94. The van der Waals surface area contributed by atoms with Gasteiger partial charge in [0.1, 0.15) is 17.6 Å². The van der Waals surface area contributed by atoms with E-state index in [-0.39, 0.29) is 0 Å². The SMILES string of the molecule is Cc1nc(C#N)cc(-c2ccc3c(c2)oc(=O)n3C)n1. The zero-order chi connectivity index (χ0) is 14.3. The Balaban J connectivity index is 2.22. The third-order valence-corrected chi connectivity index (χ3v) is 3.04. The summed E-state index contributed by atoms with van der Waals surface area (Å²) >= 11 is 0. The Morgan fingerprint density at radius 2 is 2.10 bits per heavy atom. The second-order valence-electron chi connectivity index (χ2n) is 4.41. The van der Waals surface area contributed by atoms with E-state index in [1.165, 1.54) is 4.57 Å². The van der Waals surface area contributed by atoms with E-state index < -0.39 is 5.76 Å². The summed E-state index contributed by atoms with van der Waals surface area (Å²) in [7, 11) is 1.65. The molecule has 0 saturated carbocycles. The third-order valence-electron chi connectivity index (χ3n) is 3.04. The van der Waals surface area contributed by atoms with E-state index in [1.807, 2.05) is 12.1 Å². The van der Waals surface area contributed by atoms with Crippen molar-refractivity contribution in [1.82, 2.24) is 14.5 Å². The smallest absolute Gasteiger partial charge is 0.408 e. The van der Waals surface area contributed by atoms with Crippen LogP contribution >= 0.6 is 0 Å². The average Bonchev–Trinajstić information content (AvgIpc) is 2.73. The molecule has 0 saturated heterocycles. The predicted octanol–water partition coefficient (Wildman–Crippen LogP) is 1.77. The second kappa shape index (κ2) is 4.31. The maximum atomic E-state index is 11.5. The molecule has 0 aliphatic rings. The van der Waals surface area contributed by atoms with Gasteiger partial charge in [-0.05, 0) is 19.1 Å². The highest BCUT2D eigenvalue weighted by Crippen LogP contribution is 2.22. The first-order chi connectivity index (χ1) is 9.58. The molecule has 2 aromatic heterocycles. The van der Waals surface area contributed by atoms with Gasteiger partial charge in [-0.15, -0.1) is 0 Å². The van der Waals surface area contributed by atoms with Gasteiger partial charge >= 0.3 is 5.76 Å². The van der Waals surface area contributed by atoms with E-state index >= 15 is 0 Å². The topological polar surface area (TPSA) is 84.7 Å². The maximum Gasteiger partial charge on any atom is 0.419 e. The van der Waals surface area contributed by atoms with Crippen molar-refractivity contribution < 1.29 is 4.42 Å². The molecule has 3 rings (SSSR count). The van der Waals surface area contributed by atoms with Crippen LogP contribution in [0.5, 0.6) is 0 Å². The molecule has 6 heteroatoms. The fourth-order valence-corrected chi connectivity index (χ4v) is 2.07. The summed E-state index contributed by atoms with van der Waals surface area (Å²) < 4.78 is 6.58. The van der Waals surface area contributed by atoms with Crippen molar-refractivity contribution in [2.24, 2.45) is 7.05 Å². The zero-order valence-electron chi connectivity index (χ0n) is 10.9. The number of oxazole rings is 1. The molecule has 2 heterocycles. The van der Waals surface area contributed by atoms with Crippen molar-refractivity contribution in [3.8, 4) is 17.3 Å². The summed E-state index contributed by atoms with van der Waals surface area (Å²) in [5, 5.41) is 8.94. The Bertz CT molecular complexity index is 915. The highest BCUT2D eigenvalue weighted by molar-refractivity contribution is 5.79. The lowest BCUT2D eigenvalue weighted by Crippen LogP contribution is -2.08. The molecular weight excluding hydrogens is 256 g/mol. The van der Waals surface area contributed by atoms with E-state index in [0.717, 1.165) is 5.56 Å². The fourth-order valence-electron chi connectivity index (χ4n) is 2.07. The van der Waals surface area contributed by atoms with Crippen molar-refractivity contribution in [3.63, 3.8) is 0 Å². The normalized spacial score (nSPS) is 10.7. The largest absolute Gasteiger partial charge is 0.419 e. The summed E-state index contributed by atoms with van der Waals surface area (Å²) in [6, 6.07) is 8.97. The standard InChI is InChI=1S/C14H10N4O2/c1-8-16-10(7-15)6-11(17-8)9-3-4-12-13(5-9)20-14(19)18(12)2/h3-6H,1-2H3. The van der Waals surface area contributed by atoms with Crippen molar-refractivity contribution >= 4 is 11.1 Å². The molecule has 98 valence electrons. The summed E-state index contributed by atoms with van der Waals surface area (Å²) in [5.41, 5.74) is 2.91. The third kappa shape index (κ3) is 1.86. The Morgan fingerprint density at radius 1 is 1.30 bits per heavy atom. The number of nitrogens with zero attached hydrogens (tertiary/aromatic N) is 4. The molecule has 1 aromatic carbocycles. The molecule has 0 fully saturated rings. The lowest BCUT2D eigenvalue weighted by molar-refractivity contribution is 0.528. The molecule has 20 heavy (non-hydrogen) atoms. The number of aryl methyl sites for hydroxylation is 2. The fraction of sp³-hybridized carbons (Fsp3) is 0.143. The minimum Gasteiger partial charge on any atom is -0.408 e. The molecule has 0 unspecified atom stereocenters. The van der Waals surface area contributed by atoms with Crippen LogP contribution in [0.25, 0.3) is 22.4 Å². The van der Waals surface area contributed by atoms with E-state index in [1.54, 1.807) is 32.2 Å². The number of hydrogen-bond acceptors (Lipinski definition) is 5. The van der Waals surface area contributed by atoms with Gasteiger partial charge in [-0.25, -0.2) is 14.8 Å². The summed E-state index contributed by atoms with van der Waals surface area (Å²) in [6.07, 6.45) is 0. The van der Waals surface area contributed by atoms with Gasteiger partial charge in [-0.1, -0.05) is 6.07 Å². The van der Waals surface area contributed by atoms with Crippen LogP contribution < -0.4 is 5.76 Å². The van der Waals surface area contributed by atoms with Crippen molar-refractivity contribution in [3.05, 3.63) is 46.3 Å². The van der Waals surface area contributed by atoms with Crippen LogP contribution in [0, 0.1) is 18.3 Å². The van der Waals surface area contributed by atoms with E-state index in [4.69, 9.17) is 9.68 Å². The van der Waals surface area contributed by atoms with Crippen LogP contribution in [0.3, 0.4) is 0 Å². The van der Waals surface area contributed by atoms with Gasteiger partial charge in [0.15, 0.2) is 5.58 Å². The van der Waals surface area contributed by atoms with Gasteiger partial charge in [0.2, 0.25) is 0 Å². The van der Waals surface area contributed by atoms with Gasteiger partial charge in [0, 0.05) is 18.7 Å². The Kier molecular flexibility index (Phi) is 2.61. The molecule has 0 bridgehead atoms. The van der Waals surface area contributed by atoms with Crippen molar-refractivity contribution in [1.29, 1.82) is 5.26 Å². The van der Waals surface area contributed by atoms with Gasteiger partial charge in [0.25, 0.3) is 0 Å². The molecule has 0 N–H and O–H groups in total. The van der Waals surface area contributed by atoms with Crippen molar-refractivity contribution in [2.75, 3.05) is 0 Å². The number of benzene rings is 1. The van der Waals surface area contributed by atoms with Crippen LogP contribution in [-0.4, -0.2) is 14.5 Å². The zero-order valence-corrected chi connectivity index (χ0v) is 10.9. The monoisotopic (exact) mass is 266 g/mol. The summed E-state index contributed by atoms with van der Waals surface area (Å²) in [4.78, 5) is 19.8. The quantitative estimate of drug-likeness (QED) is 0.670. The predicted molar refractivity (Wildman–Crippen MR) is 71.9 cm³/mol. The highest BCUT2D eigenvalue weighted by atomic mass is 16.4. The number of fused-ring (bicyclic) bond motifs is 1. The summed E-state index contributed by atoms with van der Waals surface area (Å²) in [6.45, 7) is 1.73. The van der Waals surface area contributed by atoms with Gasteiger partial charge in [-0.2, -0.15) is 5.26 Å². The molecule has 0 spiro atoms. The number of aromatic nitrogens is 3. The molecule has 0 aliphatic carbocycles. The number of rotatable bonds is 1. The average molecular weight is 266 g/mol. The van der Waals surface area contributed by atoms with Crippen LogP contribution in [0.4, 0.5) is 0 Å². The molecule has 0 amide bonds. The summed E-state index contributed by atoms with van der Waals surface area (Å²) in [5.74, 6) is 0.113. The molecule has 0 atom stereocenters. The van der Waals surface area contributed by atoms with Crippen LogP contribution in [0.1, 0.15) is 11.5 Å². The molecule has 0 aliphatic heterocycles. The van der Waals surface area contributed by atoms with Gasteiger partial charge in [0.05, 0.1) is 11.2 Å². The van der Waals surface area contributed by atoms with Crippen LogP contribution in [0.2, 0.25) is 0 Å². The Hall–Kier alpha value is -2.94. The molecular formula is C14H10N4O2. The minimum atomic E-state index is -0.409. The lowest BCUT2D eigenvalue weighted by atomic mass is 10.1. The first kappa shape index (κ1) is 12.1. The van der Waals surface area contributed by atoms with E-state index in [9.17, 15) is 4.79 Å². The van der Waals surface area contributed by atoms with Crippen LogP contribution in [-0.2, 0) is 7.05 Å². The number of nitriles is 1. The lowest BCUT2D eigenvalue weighted by Gasteiger charge is -2.02. The second-order valence-corrected chi connectivity index (χ2v) is 4.41. The Labute approximate surface area is 113 Å². The van der Waals surface area contributed by atoms with Gasteiger partial charge < -0.3 is 4.42 Å². The molecule has 3 aromatic rings. The molecule has 0 radical (unpaired) electrons.